The number of sulfonamides is 1. The Bertz CT molecular complexity index is 519. The number of hydrogen-bond donors (Lipinski definition) is 1. The Morgan fingerprint density at radius 2 is 2.24 bits per heavy atom. The minimum absolute atomic E-state index is 0.0280. The number of nitrogens with one attached hydrogen (secondary N) is 1. The average Bonchev–Trinajstić information content (AvgIpc) is 2.29. The number of nitrogens with zero attached hydrogens (tertiary/aromatic N) is 3. The largest absolute Gasteiger partial charge is 0.382 e. The number of rotatable bonds is 5. The van der Waals surface area contributed by atoms with E-state index in [-0.39, 0.29) is 18.0 Å². The molecule has 0 fully saturated rings. The summed E-state index contributed by atoms with van der Waals surface area (Å²) in [5.41, 5.74) is 0.804. The normalized spacial score (nSPS) is 11.2. The fraction of sp³-hybridized carbons (Fsp3) is 0.400. The van der Waals surface area contributed by atoms with Crippen LogP contribution in [0.5, 0.6) is 0 Å². The second-order valence-corrected chi connectivity index (χ2v) is 5.84. The van der Waals surface area contributed by atoms with Crippen molar-refractivity contribution >= 4 is 15.7 Å². The van der Waals surface area contributed by atoms with E-state index in [2.05, 4.69) is 10.3 Å². The van der Waals surface area contributed by atoms with Crippen molar-refractivity contribution in [2.24, 2.45) is 0 Å². The summed E-state index contributed by atoms with van der Waals surface area (Å²) in [5, 5.41) is 11.7. The summed E-state index contributed by atoms with van der Waals surface area (Å²) in [7, 11) is -0.248. The van der Waals surface area contributed by atoms with Crippen molar-refractivity contribution in [3.63, 3.8) is 0 Å². The standard InChI is InChI=1S/C10H14N4O2S/c1-14(2)17(15,16)7-6-13-9-4-3-5-12-10(9)8-11/h3-5,13H,6-7H2,1-2H3. The first kappa shape index (κ1) is 13.4. The van der Waals surface area contributed by atoms with Crippen LogP contribution in [0, 0.1) is 11.3 Å². The molecular weight excluding hydrogens is 240 g/mol. The van der Waals surface area contributed by atoms with Gasteiger partial charge >= 0.3 is 0 Å². The monoisotopic (exact) mass is 254 g/mol. The van der Waals surface area contributed by atoms with E-state index in [0.717, 1.165) is 0 Å². The SMILES string of the molecule is CN(C)S(=O)(=O)CCNc1cccnc1C#N. The highest BCUT2D eigenvalue weighted by Gasteiger charge is 2.13. The zero-order valence-corrected chi connectivity index (χ0v) is 10.5. The van der Waals surface area contributed by atoms with Crippen LogP contribution in [0.15, 0.2) is 18.3 Å². The van der Waals surface area contributed by atoms with Crippen LogP contribution in [-0.4, -0.2) is 44.1 Å². The highest BCUT2D eigenvalue weighted by atomic mass is 32.2. The van der Waals surface area contributed by atoms with E-state index in [1.165, 1.54) is 24.6 Å². The zero-order valence-electron chi connectivity index (χ0n) is 9.71. The van der Waals surface area contributed by atoms with Gasteiger partial charge in [0.25, 0.3) is 0 Å². The Morgan fingerprint density at radius 1 is 1.53 bits per heavy atom. The zero-order chi connectivity index (χ0) is 12.9. The van der Waals surface area contributed by atoms with Gasteiger partial charge in [0.2, 0.25) is 10.0 Å². The maximum atomic E-state index is 11.5. The van der Waals surface area contributed by atoms with Crippen LogP contribution in [0.4, 0.5) is 5.69 Å². The van der Waals surface area contributed by atoms with Gasteiger partial charge in [-0.15, -0.1) is 0 Å². The second-order valence-electron chi connectivity index (χ2n) is 3.54. The maximum absolute atomic E-state index is 11.5. The molecule has 0 saturated heterocycles. The summed E-state index contributed by atoms with van der Waals surface area (Å²) in [6.07, 6.45) is 1.51. The first-order valence-corrected chi connectivity index (χ1v) is 6.57. The van der Waals surface area contributed by atoms with Crippen molar-refractivity contribution in [2.45, 2.75) is 0 Å². The van der Waals surface area contributed by atoms with Crippen molar-refractivity contribution in [2.75, 3.05) is 31.7 Å². The molecule has 0 spiro atoms. The summed E-state index contributed by atoms with van der Waals surface area (Å²) in [6.45, 7) is 0.237. The quantitative estimate of drug-likeness (QED) is 0.814. The molecular formula is C10H14N4O2S. The third-order valence-electron chi connectivity index (χ3n) is 2.15. The van der Waals surface area contributed by atoms with E-state index in [0.29, 0.717) is 5.69 Å². The predicted octanol–water partition coefficient (Wildman–Crippen LogP) is 0.257. The minimum Gasteiger partial charge on any atom is -0.382 e. The third-order valence-corrected chi connectivity index (χ3v) is 3.98. The van der Waals surface area contributed by atoms with Gasteiger partial charge in [0, 0.05) is 26.8 Å². The van der Waals surface area contributed by atoms with Crippen molar-refractivity contribution in [3.05, 3.63) is 24.0 Å². The van der Waals surface area contributed by atoms with E-state index < -0.39 is 10.0 Å². The van der Waals surface area contributed by atoms with Crippen molar-refractivity contribution in [1.82, 2.24) is 9.29 Å². The molecule has 1 heterocycles. The van der Waals surface area contributed by atoms with Gasteiger partial charge in [-0.05, 0) is 12.1 Å². The summed E-state index contributed by atoms with van der Waals surface area (Å²) in [6, 6.07) is 5.30. The molecule has 0 radical (unpaired) electrons. The smallest absolute Gasteiger partial charge is 0.215 e. The van der Waals surface area contributed by atoms with E-state index in [9.17, 15) is 8.42 Å². The molecule has 0 aliphatic rings. The van der Waals surface area contributed by atoms with Crippen LogP contribution in [0.2, 0.25) is 0 Å². The lowest BCUT2D eigenvalue weighted by Crippen LogP contribution is -2.28. The molecule has 0 amide bonds. The van der Waals surface area contributed by atoms with Crippen molar-refractivity contribution < 1.29 is 8.42 Å². The molecule has 1 rings (SSSR count). The minimum atomic E-state index is -3.22. The molecule has 92 valence electrons. The summed E-state index contributed by atoms with van der Waals surface area (Å²) in [5.74, 6) is -0.0280. The molecule has 1 N–H and O–H groups in total. The lowest BCUT2D eigenvalue weighted by Gasteiger charge is -2.12. The molecule has 6 nitrogen and oxygen atoms in total. The molecule has 1 aromatic rings. The van der Waals surface area contributed by atoms with E-state index in [1.807, 2.05) is 6.07 Å². The lowest BCUT2D eigenvalue weighted by molar-refractivity contribution is 0.521. The van der Waals surface area contributed by atoms with Crippen LogP contribution in [0.25, 0.3) is 0 Å². The lowest BCUT2D eigenvalue weighted by atomic mass is 10.3. The first-order valence-electron chi connectivity index (χ1n) is 4.96. The second kappa shape index (κ2) is 5.61. The molecule has 7 heteroatoms. The topological polar surface area (TPSA) is 86.1 Å². The average molecular weight is 254 g/mol. The van der Waals surface area contributed by atoms with Crippen molar-refractivity contribution in [3.8, 4) is 6.07 Å². The molecule has 1 aromatic heterocycles. The van der Waals surface area contributed by atoms with E-state index in [1.54, 1.807) is 12.1 Å². The van der Waals surface area contributed by atoms with Crippen LogP contribution in [0.1, 0.15) is 5.69 Å². The predicted molar refractivity (Wildman–Crippen MR) is 64.9 cm³/mol. The maximum Gasteiger partial charge on any atom is 0.215 e. The molecule has 17 heavy (non-hydrogen) atoms. The summed E-state index contributed by atoms with van der Waals surface area (Å²) in [4.78, 5) is 3.86. The summed E-state index contributed by atoms with van der Waals surface area (Å²) >= 11 is 0. The fourth-order valence-electron chi connectivity index (χ4n) is 1.13. The van der Waals surface area contributed by atoms with Gasteiger partial charge in [-0.2, -0.15) is 5.26 Å². The highest BCUT2D eigenvalue weighted by Crippen LogP contribution is 2.10. The fourth-order valence-corrected chi connectivity index (χ4v) is 1.86. The Hall–Kier alpha value is -1.65. The third kappa shape index (κ3) is 3.69. The Labute approximate surface area is 101 Å². The number of hydrogen-bond acceptors (Lipinski definition) is 5. The van der Waals surface area contributed by atoms with Crippen molar-refractivity contribution in [1.29, 1.82) is 5.26 Å². The summed E-state index contributed by atoms with van der Waals surface area (Å²) < 4.78 is 24.1. The molecule has 0 aliphatic heterocycles. The van der Waals surface area contributed by atoms with Gasteiger partial charge in [0.1, 0.15) is 6.07 Å². The van der Waals surface area contributed by atoms with Gasteiger partial charge in [-0.3, -0.25) is 0 Å². The van der Waals surface area contributed by atoms with E-state index >= 15 is 0 Å². The van der Waals surface area contributed by atoms with Gasteiger partial charge < -0.3 is 5.32 Å². The van der Waals surface area contributed by atoms with Crippen LogP contribution >= 0.6 is 0 Å². The number of aromatic nitrogens is 1. The van der Waals surface area contributed by atoms with Gasteiger partial charge in [-0.1, -0.05) is 0 Å². The van der Waals surface area contributed by atoms with Crippen LogP contribution in [0.3, 0.4) is 0 Å². The Balaban J connectivity index is 2.61. The highest BCUT2D eigenvalue weighted by molar-refractivity contribution is 7.89. The molecule has 0 aromatic carbocycles. The number of pyridine rings is 1. The number of anilines is 1. The first-order chi connectivity index (χ1) is 7.97. The Kier molecular flexibility index (Phi) is 4.43. The Morgan fingerprint density at radius 3 is 2.82 bits per heavy atom. The van der Waals surface area contributed by atoms with Gasteiger partial charge in [0.15, 0.2) is 5.69 Å². The molecule has 0 bridgehead atoms. The molecule has 0 atom stereocenters. The van der Waals surface area contributed by atoms with Crippen LogP contribution < -0.4 is 5.32 Å². The van der Waals surface area contributed by atoms with Gasteiger partial charge in [0.05, 0.1) is 11.4 Å². The van der Waals surface area contributed by atoms with E-state index in [4.69, 9.17) is 5.26 Å². The van der Waals surface area contributed by atoms with Crippen LogP contribution in [-0.2, 0) is 10.0 Å². The van der Waals surface area contributed by atoms with Gasteiger partial charge in [-0.25, -0.2) is 17.7 Å². The molecule has 0 unspecified atom stereocenters. The molecule has 0 aliphatic carbocycles. The molecule has 0 saturated carbocycles. The number of nitriles is 1.